The van der Waals surface area contributed by atoms with Gasteiger partial charge in [-0.15, -0.1) is 0 Å². The molecule has 0 saturated carbocycles. The number of benzene rings is 1. The monoisotopic (exact) mass is 519 g/mol. The molecule has 0 aliphatic carbocycles. The van der Waals surface area contributed by atoms with E-state index in [4.69, 9.17) is 15.5 Å². The minimum absolute atomic E-state index is 0.163. The van der Waals surface area contributed by atoms with Crippen LogP contribution in [0.1, 0.15) is 26.7 Å². The standard InChI is InChI=1S/C25H29N9O4/c1-14(2)20-23(36)34(24-27-13-28-30(24)3)25(37)33(20)19-12-31-9-10-38-18-11-15(6-7-16(18)22(31)29-19)32-8-4-5-17(32)21(26)35/h6-7,11-14,17,20H,4-5,8-10H2,1-3H3,(H2,26,35)/t17-,20?/m0/s1. The lowest BCUT2D eigenvalue weighted by Crippen LogP contribution is -2.40. The van der Waals surface area contributed by atoms with Crippen LogP contribution in [0.2, 0.25) is 0 Å². The number of urea groups is 1. The largest absolute Gasteiger partial charge is 0.491 e. The van der Waals surface area contributed by atoms with Gasteiger partial charge in [0.2, 0.25) is 11.9 Å². The Kier molecular flexibility index (Phi) is 5.58. The van der Waals surface area contributed by atoms with Crippen LogP contribution in [0.4, 0.5) is 22.2 Å². The van der Waals surface area contributed by atoms with Gasteiger partial charge in [-0.1, -0.05) is 13.8 Å². The fourth-order valence-corrected chi connectivity index (χ4v) is 5.59. The van der Waals surface area contributed by atoms with Crippen LogP contribution < -0.4 is 25.2 Å². The van der Waals surface area contributed by atoms with Crippen LogP contribution in [0, 0.1) is 5.92 Å². The number of nitrogens with zero attached hydrogens (tertiary/aromatic N) is 8. The highest BCUT2D eigenvalue weighted by Gasteiger charge is 2.50. The van der Waals surface area contributed by atoms with Crippen molar-refractivity contribution in [1.29, 1.82) is 0 Å². The van der Waals surface area contributed by atoms with Gasteiger partial charge in [0.1, 0.15) is 36.6 Å². The third kappa shape index (κ3) is 3.60. The number of carbonyl (C=O) groups is 3. The summed E-state index contributed by atoms with van der Waals surface area (Å²) in [5.74, 6) is 0.947. The summed E-state index contributed by atoms with van der Waals surface area (Å²) in [6.45, 7) is 5.44. The van der Waals surface area contributed by atoms with Crippen molar-refractivity contribution in [3.8, 4) is 17.1 Å². The Balaban J connectivity index is 1.38. The Morgan fingerprint density at radius 3 is 2.74 bits per heavy atom. The Labute approximate surface area is 218 Å². The number of imide groups is 1. The van der Waals surface area contributed by atoms with E-state index in [1.54, 1.807) is 13.2 Å². The second kappa shape index (κ2) is 8.85. The van der Waals surface area contributed by atoms with E-state index < -0.39 is 12.1 Å². The number of aromatic nitrogens is 5. The van der Waals surface area contributed by atoms with Crippen molar-refractivity contribution in [3.05, 3.63) is 30.7 Å². The minimum Gasteiger partial charge on any atom is -0.491 e. The summed E-state index contributed by atoms with van der Waals surface area (Å²) in [4.78, 5) is 52.4. The molecule has 13 heteroatoms. The first-order valence-corrected chi connectivity index (χ1v) is 12.7. The molecular weight excluding hydrogens is 490 g/mol. The average Bonchev–Trinajstić information content (AvgIpc) is 3.64. The van der Waals surface area contributed by atoms with Gasteiger partial charge < -0.3 is 19.9 Å². The Hall–Kier alpha value is -4.42. The van der Waals surface area contributed by atoms with E-state index >= 15 is 0 Å². The summed E-state index contributed by atoms with van der Waals surface area (Å²) in [5.41, 5.74) is 7.25. The van der Waals surface area contributed by atoms with E-state index in [-0.39, 0.29) is 29.7 Å². The molecule has 198 valence electrons. The van der Waals surface area contributed by atoms with E-state index in [9.17, 15) is 14.4 Å². The normalized spacial score (nSPS) is 21.1. The number of ether oxygens (including phenoxy) is 1. The second-order valence-corrected chi connectivity index (χ2v) is 10.1. The molecule has 3 aliphatic rings. The third-order valence-electron chi connectivity index (χ3n) is 7.39. The molecule has 4 amide bonds. The van der Waals surface area contributed by atoms with Crippen LogP contribution >= 0.6 is 0 Å². The van der Waals surface area contributed by atoms with Gasteiger partial charge in [-0.05, 0) is 30.9 Å². The van der Waals surface area contributed by atoms with Crippen LogP contribution in [0.3, 0.4) is 0 Å². The highest BCUT2D eigenvalue weighted by Crippen LogP contribution is 2.39. The molecule has 2 atom stereocenters. The Morgan fingerprint density at radius 1 is 1.21 bits per heavy atom. The van der Waals surface area contributed by atoms with Crippen LogP contribution in [-0.4, -0.2) is 67.4 Å². The van der Waals surface area contributed by atoms with Gasteiger partial charge in [0.25, 0.3) is 5.91 Å². The Bertz CT molecular complexity index is 1440. The lowest BCUT2D eigenvalue weighted by atomic mass is 10.0. The maximum absolute atomic E-state index is 13.6. The molecule has 13 nitrogen and oxygen atoms in total. The highest BCUT2D eigenvalue weighted by atomic mass is 16.5. The van der Waals surface area contributed by atoms with Crippen LogP contribution in [0.25, 0.3) is 11.4 Å². The van der Waals surface area contributed by atoms with Gasteiger partial charge in [-0.25, -0.2) is 14.5 Å². The number of fused-ring (bicyclic) bond motifs is 3. The zero-order valence-corrected chi connectivity index (χ0v) is 21.4. The number of nitrogens with two attached hydrogens (primary N) is 1. The summed E-state index contributed by atoms with van der Waals surface area (Å²) in [6, 6.07) is 4.17. The van der Waals surface area contributed by atoms with Crippen molar-refractivity contribution in [2.75, 3.05) is 27.9 Å². The van der Waals surface area contributed by atoms with Gasteiger partial charge in [-0.2, -0.15) is 15.0 Å². The predicted molar refractivity (Wildman–Crippen MR) is 138 cm³/mol. The van der Waals surface area contributed by atoms with Crippen molar-refractivity contribution in [1.82, 2.24) is 24.3 Å². The molecule has 0 radical (unpaired) electrons. The van der Waals surface area contributed by atoms with E-state index in [1.807, 2.05) is 41.5 Å². The molecule has 5 heterocycles. The van der Waals surface area contributed by atoms with Crippen molar-refractivity contribution in [2.24, 2.45) is 18.7 Å². The molecule has 0 bridgehead atoms. The number of rotatable bonds is 5. The number of primary amides is 1. The van der Waals surface area contributed by atoms with Gasteiger partial charge in [0.15, 0.2) is 5.82 Å². The maximum atomic E-state index is 13.6. The molecule has 2 fully saturated rings. The number of hydrogen-bond donors (Lipinski definition) is 1. The van der Waals surface area contributed by atoms with Gasteiger partial charge in [0.05, 0.1) is 12.1 Å². The molecule has 3 aliphatic heterocycles. The topological polar surface area (TPSA) is 145 Å². The zero-order chi connectivity index (χ0) is 26.7. The molecule has 6 rings (SSSR count). The second-order valence-electron chi connectivity index (χ2n) is 10.1. The Morgan fingerprint density at radius 2 is 2.03 bits per heavy atom. The molecular formula is C25H29N9O4. The number of carbonyl (C=O) groups excluding carboxylic acids is 3. The number of aryl methyl sites for hydroxylation is 1. The van der Waals surface area contributed by atoms with Crippen LogP contribution in [0.15, 0.2) is 30.7 Å². The molecule has 38 heavy (non-hydrogen) atoms. The van der Waals surface area contributed by atoms with Gasteiger partial charge in [-0.3, -0.25) is 14.5 Å². The van der Waals surface area contributed by atoms with E-state index in [1.165, 1.54) is 15.9 Å². The lowest BCUT2D eigenvalue weighted by molar-refractivity contribution is -0.119. The zero-order valence-electron chi connectivity index (χ0n) is 21.4. The van der Waals surface area contributed by atoms with Crippen LogP contribution in [0.5, 0.6) is 5.75 Å². The fourth-order valence-electron chi connectivity index (χ4n) is 5.59. The quantitative estimate of drug-likeness (QED) is 0.500. The fraction of sp³-hybridized carbons (Fsp3) is 0.440. The first kappa shape index (κ1) is 23.9. The molecule has 0 spiro atoms. The van der Waals surface area contributed by atoms with Crippen molar-refractivity contribution >= 4 is 35.3 Å². The number of hydrogen-bond acceptors (Lipinski definition) is 8. The molecule has 1 unspecified atom stereocenters. The first-order valence-electron chi connectivity index (χ1n) is 12.7. The van der Waals surface area contributed by atoms with E-state index in [0.717, 1.165) is 35.5 Å². The molecule has 2 aromatic heterocycles. The van der Waals surface area contributed by atoms with E-state index in [0.29, 0.717) is 30.5 Å². The smallest absolute Gasteiger partial charge is 0.340 e. The number of amides is 4. The molecule has 2 N–H and O–H groups in total. The van der Waals surface area contributed by atoms with Crippen LogP contribution in [-0.2, 0) is 23.2 Å². The third-order valence-corrected chi connectivity index (χ3v) is 7.39. The highest BCUT2D eigenvalue weighted by molar-refractivity contribution is 6.27. The average molecular weight is 520 g/mol. The molecule has 3 aromatic rings. The maximum Gasteiger partial charge on any atom is 0.340 e. The predicted octanol–water partition coefficient (Wildman–Crippen LogP) is 1.52. The summed E-state index contributed by atoms with van der Waals surface area (Å²) in [7, 11) is 1.63. The summed E-state index contributed by atoms with van der Waals surface area (Å²) >= 11 is 0. The molecule has 2 saturated heterocycles. The number of anilines is 3. The lowest BCUT2D eigenvalue weighted by Gasteiger charge is -2.25. The van der Waals surface area contributed by atoms with Crippen molar-refractivity contribution < 1.29 is 19.1 Å². The SMILES string of the molecule is CC(C)C1C(=O)N(c2ncnn2C)C(=O)N1c1cn2c(n1)-c1ccc(N3CCC[C@H]3C(N)=O)cc1OCC2. The number of imidazole rings is 1. The first-order chi connectivity index (χ1) is 18.3. The van der Waals surface area contributed by atoms with E-state index in [2.05, 4.69) is 10.1 Å². The summed E-state index contributed by atoms with van der Waals surface area (Å²) in [6.07, 6.45) is 4.71. The molecule has 1 aromatic carbocycles. The van der Waals surface area contributed by atoms with Gasteiger partial charge >= 0.3 is 6.03 Å². The van der Waals surface area contributed by atoms with Crippen molar-refractivity contribution in [2.45, 2.75) is 45.3 Å². The summed E-state index contributed by atoms with van der Waals surface area (Å²) in [5, 5.41) is 4.01. The minimum atomic E-state index is -0.739. The summed E-state index contributed by atoms with van der Waals surface area (Å²) < 4.78 is 9.39. The van der Waals surface area contributed by atoms with Crippen molar-refractivity contribution in [3.63, 3.8) is 0 Å². The van der Waals surface area contributed by atoms with Gasteiger partial charge in [0, 0.05) is 31.5 Å².